The second kappa shape index (κ2) is 5.99. The van der Waals surface area contributed by atoms with Crippen LogP contribution < -0.4 is 5.32 Å². The van der Waals surface area contributed by atoms with Crippen molar-refractivity contribution < 1.29 is 19.8 Å². The van der Waals surface area contributed by atoms with Crippen LogP contribution in [0, 0.1) is 0 Å². The van der Waals surface area contributed by atoms with Crippen molar-refractivity contribution >= 4 is 35.1 Å². The molecule has 8 heteroatoms. The van der Waals surface area contributed by atoms with Crippen molar-refractivity contribution in [3.05, 3.63) is 28.0 Å². The molecule has 0 unspecified atom stereocenters. The van der Waals surface area contributed by atoms with Crippen molar-refractivity contribution in [3.8, 4) is 0 Å². The lowest BCUT2D eigenvalue weighted by atomic mass is 10.2. The maximum atomic E-state index is 11.7. The number of nitrogens with zero attached hydrogens (tertiary/aromatic N) is 1. The van der Waals surface area contributed by atoms with E-state index in [1.54, 1.807) is 0 Å². The van der Waals surface area contributed by atoms with E-state index in [9.17, 15) is 14.7 Å². The molecule has 98 valence electrons. The molecule has 0 fully saturated rings. The molecule has 0 saturated heterocycles. The predicted octanol–water partition coefficient (Wildman–Crippen LogP) is 0.952. The summed E-state index contributed by atoms with van der Waals surface area (Å²) < 4.78 is 0. The van der Waals surface area contributed by atoms with E-state index in [0.29, 0.717) is 0 Å². The van der Waals surface area contributed by atoms with Crippen LogP contribution in [0.25, 0.3) is 0 Å². The molecule has 18 heavy (non-hydrogen) atoms. The van der Waals surface area contributed by atoms with Crippen molar-refractivity contribution in [2.75, 3.05) is 0 Å². The molecular weight excluding hydrogens is 283 g/mol. The minimum absolute atomic E-state index is 0.0339. The van der Waals surface area contributed by atoms with Crippen LogP contribution >= 0.6 is 23.2 Å². The van der Waals surface area contributed by atoms with Gasteiger partial charge in [-0.2, -0.15) is 0 Å². The molecule has 0 bridgehead atoms. The van der Waals surface area contributed by atoms with Gasteiger partial charge in [-0.1, -0.05) is 23.2 Å². The van der Waals surface area contributed by atoms with Gasteiger partial charge in [0.2, 0.25) is 0 Å². The number of amides is 1. The van der Waals surface area contributed by atoms with Crippen LogP contribution in [0.3, 0.4) is 0 Å². The number of carbonyl (C=O) groups excluding carboxylic acids is 1. The summed E-state index contributed by atoms with van der Waals surface area (Å²) in [5.74, 6) is -2.19. The van der Waals surface area contributed by atoms with Gasteiger partial charge in [-0.3, -0.25) is 4.79 Å². The number of aliphatic hydroxyl groups is 1. The standard InChI is InChI=1S/C10H10Cl2N2O4/c1-4(15)7(10(17)18)14-9(16)8-5(11)2-3-6(12)13-8/h2-4,7,15H,1H3,(H,14,16)(H,17,18)/t4-,7+/m1/s1. The number of hydrogen-bond donors (Lipinski definition) is 3. The van der Waals surface area contributed by atoms with Gasteiger partial charge in [-0.15, -0.1) is 0 Å². The molecule has 1 amide bonds. The summed E-state index contributed by atoms with van der Waals surface area (Å²) in [6, 6.07) is 1.31. The Kier molecular flexibility index (Phi) is 4.89. The van der Waals surface area contributed by atoms with E-state index in [2.05, 4.69) is 10.3 Å². The van der Waals surface area contributed by atoms with Gasteiger partial charge in [-0.25, -0.2) is 9.78 Å². The molecule has 2 atom stereocenters. The van der Waals surface area contributed by atoms with Gasteiger partial charge in [0.1, 0.15) is 10.8 Å². The van der Waals surface area contributed by atoms with Gasteiger partial charge in [0, 0.05) is 0 Å². The molecule has 0 aliphatic rings. The third-order valence-corrected chi connectivity index (χ3v) is 2.58. The van der Waals surface area contributed by atoms with Crippen LogP contribution in [0.2, 0.25) is 10.2 Å². The first kappa shape index (κ1) is 14.7. The van der Waals surface area contributed by atoms with Gasteiger partial charge in [0.25, 0.3) is 5.91 Å². The number of rotatable bonds is 4. The topological polar surface area (TPSA) is 99.5 Å². The van der Waals surface area contributed by atoms with E-state index in [-0.39, 0.29) is 15.9 Å². The van der Waals surface area contributed by atoms with Crippen LogP contribution in [0.4, 0.5) is 0 Å². The SMILES string of the molecule is C[C@@H](O)[C@H](NC(=O)c1nc(Cl)ccc1Cl)C(=O)O. The highest BCUT2D eigenvalue weighted by Crippen LogP contribution is 2.16. The Hall–Kier alpha value is -1.37. The highest BCUT2D eigenvalue weighted by Gasteiger charge is 2.26. The number of aliphatic hydroxyl groups excluding tert-OH is 1. The Bertz CT molecular complexity index is 479. The van der Waals surface area contributed by atoms with Crippen molar-refractivity contribution in [1.82, 2.24) is 10.3 Å². The van der Waals surface area contributed by atoms with Crippen molar-refractivity contribution in [3.63, 3.8) is 0 Å². The molecule has 1 heterocycles. The van der Waals surface area contributed by atoms with Gasteiger partial charge >= 0.3 is 5.97 Å². The van der Waals surface area contributed by atoms with Crippen LogP contribution in [0.1, 0.15) is 17.4 Å². The zero-order valence-electron chi connectivity index (χ0n) is 9.22. The highest BCUT2D eigenvalue weighted by molar-refractivity contribution is 6.34. The maximum absolute atomic E-state index is 11.7. The maximum Gasteiger partial charge on any atom is 0.328 e. The van der Waals surface area contributed by atoms with Gasteiger partial charge in [0.05, 0.1) is 11.1 Å². The number of pyridine rings is 1. The number of halogens is 2. The van der Waals surface area contributed by atoms with E-state index in [1.807, 2.05) is 0 Å². The molecule has 1 aromatic rings. The summed E-state index contributed by atoms with van der Waals surface area (Å²) in [7, 11) is 0. The van der Waals surface area contributed by atoms with E-state index in [4.69, 9.17) is 28.3 Å². The molecule has 0 spiro atoms. The van der Waals surface area contributed by atoms with Crippen LogP contribution in [0.15, 0.2) is 12.1 Å². The fourth-order valence-corrected chi connectivity index (χ4v) is 1.51. The van der Waals surface area contributed by atoms with Crippen LogP contribution in [-0.4, -0.2) is 39.2 Å². The van der Waals surface area contributed by atoms with E-state index >= 15 is 0 Å². The number of carboxylic acid groups (broad SMARTS) is 1. The minimum Gasteiger partial charge on any atom is -0.480 e. The van der Waals surface area contributed by atoms with E-state index < -0.39 is 24.0 Å². The lowest BCUT2D eigenvalue weighted by Crippen LogP contribution is -2.47. The molecule has 1 rings (SSSR count). The van der Waals surface area contributed by atoms with Gasteiger partial charge in [-0.05, 0) is 19.1 Å². The fraction of sp³-hybridized carbons (Fsp3) is 0.300. The summed E-state index contributed by atoms with van der Waals surface area (Å²) in [6.45, 7) is 1.24. The molecule has 3 N–H and O–H groups in total. The fourth-order valence-electron chi connectivity index (χ4n) is 1.18. The van der Waals surface area contributed by atoms with Crippen LogP contribution in [-0.2, 0) is 4.79 Å². The quantitative estimate of drug-likeness (QED) is 0.718. The number of carbonyl (C=O) groups is 2. The predicted molar refractivity (Wildman–Crippen MR) is 64.8 cm³/mol. The Morgan fingerprint density at radius 1 is 1.39 bits per heavy atom. The summed E-state index contributed by atoms with van der Waals surface area (Å²) in [4.78, 5) is 26.2. The Balaban J connectivity index is 2.94. The third kappa shape index (κ3) is 3.56. The molecule has 1 aromatic heterocycles. The minimum atomic E-state index is -1.45. The molecule has 0 aliphatic carbocycles. The number of nitrogens with one attached hydrogen (secondary N) is 1. The summed E-state index contributed by atoms with van der Waals surface area (Å²) >= 11 is 11.3. The molecule has 0 aromatic carbocycles. The molecule has 0 saturated carbocycles. The first-order valence-corrected chi connectivity index (χ1v) is 5.62. The zero-order valence-corrected chi connectivity index (χ0v) is 10.7. The second-order valence-corrected chi connectivity index (χ2v) is 4.29. The average molecular weight is 293 g/mol. The Labute approximate surface area is 113 Å². The van der Waals surface area contributed by atoms with E-state index in [0.717, 1.165) is 0 Å². The molecule has 0 aliphatic heterocycles. The monoisotopic (exact) mass is 292 g/mol. The normalized spacial score (nSPS) is 13.8. The van der Waals surface area contributed by atoms with E-state index in [1.165, 1.54) is 19.1 Å². The van der Waals surface area contributed by atoms with Gasteiger partial charge in [0.15, 0.2) is 6.04 Å². The molecular formula is C10H10Cl2N2O4. The lowest BCUT2D eigenvalue weighted by molar-refractivity contribution is -0.141. The third-order valence-electron chi connectivity index (χ3n) is 2.06. The average Bonchev–Trinajstić information content (AvgIpc) is 2.28. The largest absolute Gasteiger partial charge is 0.480 e. The number of aromatic nitrogens is 1. The lowest BCUT2D eigenvalue weighted by Gasteiger charge is -2.17. The Morgan fingerprint density at radius 3 is 2.50 bits per heavy atom. The number of aliphatic carboxylic acids is 1. The number of hydrogen-bond acceptors (Lipinski definition) is 4. The van der Waals surface area contributed by atoms with Crippen LogP contribution in [0.5, 0.6) is 0 Å². The van der Waals surface area contributed by atoms with Crippen molar-refractivity contribution in [1.29, 1.82) is 0 Å². The van der Waals surface area contributed by atoms with Crippen molar-refractivity contribution in [2.45, 2.75) is 19.1 Å². The first-order chi connectivity index (χ1) is 8.32. The molecule has 0 radical (unpaired) electrons. The summed E-state index contributed by atoms with van der Waals surface area (Å²) in [6.07, 6.45) is -1.26. The molecule has 6 nitrogen and oxygen atoms in total. The summed E-state index contributed by atoms with van der Waals surface area (Å²) in [5.41, 5.74) is -0.198. The second-order valence-electron chi connectivity index (χ2n) is 3.49. The zero-order chi connectivity index (χ0) is 13.9. The number of carboxylic acids is 1. The Morgan fingerprint density at radius 2 is 2.00 bits per heavy atom. The summed E-state index contributed by atoms with van der Waals surface area (Å²) in [5, 5.41) is 20.2. The van der Waals surface area contributed by atoms with Crippen molar-refractivity contribution in [2.24, 2.45) is 0 Å². The van der Waals surface area contributed by atoms with Gasteiger partial charge < -0.3 is 15.5 Å². The first-order valence-electron chi connectivity index (χ1n) is 4.86. The smallest absolute Gasteiger partial charge is 0.328 e. The highest BCUT2D eigenvalue weighted by atomic mass is 35.5.